The van der Waals surface area contributed by atoms with E-state index >= 15 is 0 Å². The van der Waals surface area contributed by atoms with E-state index in [0.29, 0.717) is 6.04 Å². The molecule has 0 rings (SSSR count). The zero-order chi connectivity index (χ0) is 7.28. The minimum Gasteiger partial charge on any atom is -0.295 e. The summed E-state index contributed by atoms with van der Waals surface area (Å²) in [5.41, 5.74) is 0. The summed E-state index contributed by atoms with van der Waals surface area (Å²) in [5.74, 6) is 0. The maximum absolute atomic E-state index is 3.86. The molecular formula is C7H16N2. The van der Waals surface area contributed by atoms with Gasteiger partial charge in [-0.05, 0) is 20.3 Å². The molecule has 9 heavy (non-hydrogen) atoms. The maximum atomic E-state index is 3.86. The Balaban J connectivity index is 3.54. The van der Waals surface area contributed by atoms with Crippen LogP contribution in [0, 0.1) is 0 Å². The van der Waals surface area contributed by atoms with Crippen LogP contribution < -0.4 is 0 Å². The Morgan fingerprint density at radius 2 is 2.11 bits per heavy atom. The zero-order valence-electron chi connectivity index (χ0n) is 6.59. The van der Waals surface area contributed by atoms with E-state index in [1.807, 2.05) is 5.01 Å². The van der Waals surface area contributed by atoms with Gasteiger partial charge in [-0.25, -0.2) is 0 Å². The van der Waals surface area contributed by atoms with E-state index in [4.69, 9.17) is 0 Å². The monoisotopic (exact) mass is 128 g/mol. The van der Waals surface area contributed by atoms with Crippen LogP contribution in [0.4, 0.5) is 0 Å². The molecule has 0 heterocycles. The average molecular weight is 128 g/mol. The van der Waals surface area contributed by atoms with Crippen molar-refractivity contribution in [3.05, 3.63) is 0 Å². The van der Waals surface area contributed by atoms with E-state index in [-0.39, 0.29) is 0 Å². The molecule has 2 nitrogen and oxygen atoms in total. The highest BCUT2D eigenvalue weighted by molar-refractivity contribution is 5.22. The van der Waals surface area contributed by atoms with Crippen molar-refractivity contribution in [3.8, 4) is 0 Å². The molecule has 0 bridgehead atoms. The van der Waals surface area contributed by atoms with E-state index in [0.717, 1.165) is 13.0 Å². The third-order valence-electron chi connectivity index (χ3n) is 1.23. The fourth-order valence-corrected chi connectivity index (χ4v) is 0.721. The van der Waals surface area contributed by atoms with Gasteiger partial charge in [0, 0.05) is 19.3 Å². The topological polar surface area (TPSA) is 15.6 Å². The van der Waals surface area contributed by atoms with Crippen molar-refractivity contribution in [2.45, 2.75) is 33.2 Å². The van der Waals surface area contributed by atoms with Crippen LogP contribution in [0.1, 0.15) is 27.2 Å². The van der Waals surface area contributed by atoms with Crippen molar-refractivity contribution < 1.29 is 0 Å². The van der Waals surface area contributed by atoms with Gasteiger partial charge in [-0.15, -0.1) is 0 Å². The van der Waals surface area contributed by atoms with Crippen LogP contribution in [0.5, 0.6) is 0 Å². The maximum Gasteiger partial charge on any atom is 0.0414 e. The SMILES string of the molecule is C=NN(CCC)C(C)C. The molecule has 0 aromatic rings. The first-order valence-corrected chi connectivity index (χ1v) is 3.45. The fourth-order valence-electron chi connectivity index (χ4n) is 0.721. The standard InChI is InChI=1S/C7H16N2/c1-5-6-9(8-4)7(2)3/h7H,4-6H2,1-3H3. The summed E-state index contributed by atoms with van der Waals surface area (Å²) in [6.07, 6.45) is 1.14. The number of hydrogen-bond acceptors (Lipinski definition) is 2. The predicted molar refractivity (Wildman–Crippen MR) is 41.7 cm³/mol. The van der Waals surface area contributed by atoms with Gasteiger partial charge in [0.15, 0.2) is 0 Å². The Labute approximate surface area is 57.6 Å². The van der Waals surface area contributed by atoms with Crippen LogP contribution in [-0.4, -0.2) is 24.3 Å². The van der Waals surface area contributed by atoms with Gasteiger partial charge < -0.3 is 0 Å². The molecule has 0 N–H and O–H groups in total. The summed E-state index contributed by atoms with van der Waals surface area (Å²) < 4.78 is 0. The number of nitrogens with zero attached hydrogens (tertiary/aromatic N) is 2. The molecule has 0 amide bonds. The first-order chi connectivity index (χ1) is 4.22. The number of rotatable bonds is 4. The Kier molecular flexibility index (Phi) is 4.10. The number of hydrogen-bond donors (Lipinski definition) is 0. The molecule has 0 aromatic heterocycles. The first-order valence-electron chi connectivity index (χ1n) is 3.45. The molecule has 0 unspecified atom stereocenters. The normalized spacial score (nSPS) is 9.78. The van der Waals surface area contributed by atoms with Gasteiger partial charge in [-0.2, -0.15) is 5.10 Å². The van der Waals surface area contributed by atoms with Crippen LogP contribution in [0.2, 0.25) is 0 Å². The van der Waals surface area contributed by atoms with Gasteiger partial charge in [0.05, 0.1) is 0 Å². The van der Waals surface area contributed by atoms with Gasteiger partial charge in [0.2, 0.25) is 0 Å². The third-order valence-corrected chi connectivity index (χ3v) is 1.23. The Morgan fingerprint density at radius 1 is 1.56 bits per heavy atom. The second-order valence-corrected chi connectivity index (χ2v) is 2.40. The summed E-state index contributed by atoms with van der Waals surface area (Å²) in [7, 11) is 0. The molecule has 0 aliphatic carbocycles. The third kappa shape index (κ3) is 3.12. The quantitative estimate of drug-likeness (QED) is 0.416. The van der Waals surface area contributed by atoms with E-state index in [1.165, 1.54) is 0 Å². The van der Waals surface area contributed by atoms with Crippen LogP contribution in [0.3, 0.4) is 0 Å². The molecular weight excluding hydrogens is 112 g/mol. The van der Waals surface area contributed by atoms with E-state index < -0.39 is 0 Å². The van der Waals surface area contributed by atoms with Gasteiger partial charge >= 0.3 is 0 Å². The van der Waals surface area contributed by atoms with E-state index in [1.54, 1.807) is 0 Å². The van der Waals surface area contributed by atoms with E-state index in [9.17, 15) is 0 Å². The molecule has 0 saturated heterocycles. The summed E-state index contributed by atoms with van der Waals surface area (Å²) >= 11 is 0. The molecule has 0 radical (unpaired) electrons. The minimum absolute atomic E-state index is 0.488. The second kappa shape index (κ2) is 4.36. The average Bonchev–Trinajstić information content (AvgIpc) is 1.82. The second-order valence-electron chi connectivity index (χ2n) is 2.40. The van der Waals surface area contributed by atoms with Crippen molar-refractivity contribution in [2.24, 2.45) is 5.10 Å². The largest absolute Gasteiger partial charge is 0.295 e. The summed E-state index contributed by atoms with van der Waals surface area (Å²) in [6.45, 7) is 10.9. The highest BCUT2D eigenvalue weighted by Gasteiger charge is 2.00. The van der Waals surface area contributed by atoms with Crippen LogP contribution in [-0.2, 0) is 0 Å². The van der Waals surface area contributed by atoms with Crippen molar-refractivity contribution in [1.29, 1.82) is 0 Å². The highest BCUT2D eigenvalue weighted by Crippen LogP contribution is 1.97. The lowest BCUT2D eigenvalue weighted by Gasteiger charge is -2.21. The molecule has 0 aromatic carbocycles. The first kappa shape index (κ1) is 8.47. The minimum atomic E-state index is 0.488. The molecule has 0 aliphatic rings. The molecule has 2 heteroatoms. The molecule has 0 aliphatic heterocycles. The molecule has 0 saturated carbocycles. The van der Waals surface area contributed by atoms with Crippen molar-refractivity contribution in [2.75, 3.05) is 6.54 Å². The fraction of sp³-hybridized carbons (Fsp3) is 0.857. The van der Waals surface area contributed by atoms with Gasteiger partial charge in [-0.1, -0.05) is 6.92 Å². The van der Waals surface area contributed by atoms with Gasteiger partial charge in [0.25, 0.3) is 0 Å². The Morgan fingerprint density at radius 3 is 2.22 bits per heavy atom. The zero-order valence-corrected chi connectivity index (χ0v) is 6.59. The van der Waals surface area contributed by atoms with Crippen molar-refractivity contribution in [1.82, 2.24) is 5.01 Å². The van der Waals surface area contributed by atoms with Crippen molar-refractivity contribution >= 4 is 6.72 Å². The Hall–Kier alpha value is -0.530. The van der Waals surface area contributed by atoms with E-state index in [2.05, 4.69) is 32.6 Å². The van der Waals surface area contributed by atoms with Gasteiger partial charge in [-0.3, -0.25) is 5.01 Å². The lowest BCUT2D eigenvalue weighted by atomic mass is 10.3. The molecule has 0 fully saturated rings. The smallest absolute Gasteiger partial charge is 0.0414 e. The molecule has 0 spiro atoms. The van der Waals surface area contributed by atoms with Crippen LogP contribution in [0.15, 0.2) is 5.10 Å². The summed E-state index contributed by atoms with van der Waals surface area (Å²) in [5, 5.41) is 5.85. The lowest BCUT2D eigenvalue weighted by Crippen LogP contribution is -2.25. The summed E-state index contributed by atoms with van der Waals surface area (Å²) in [4.78, 5) is 0. The number of hydrazone groups is 1. The van der Waals surface area contributed by atoms with Crippen LogP contribution in [0.25, 0.3) is 0 Å². The molecule has 54 valence electrons. The highest BCUT2D eigenvalue weighted by atomic mass is 15.5. The molecule has 0 atom stereocenters. The predicted octanol–water partition coefficient (Wildman–Crippen LogP) is 1.72. The van der Waals surface area contributed by atoms with Crippen molar-refractivity contribution in [3.63, 3.8) is 0 Å². The van der Waals surface area contributed by atoms with Crippen LogP contribution >= 0.6 is 0 Å². The Bertz CT molecular complexity index is 79.0. The lowest BCUT2D eigenvalue weighted by molar-refractivity contribution is 0.235. The van der Waals surface area contributed by atoms with Gasteiger partial charge in [0.1, 0.15) is 0 Å². The summed E-state index contributed by atoms with van der Waals surface area (Å²) in [6, 6.07) is 0.488.